The van der Waals surface area contributed by atoms with Crippen LogP contribution in [-0.2, 0) is 9.53 Å². The molecule has 0 amide bonds. The second kappa shape index (κ2) is 13.3. The van der Waals surface area contributed by atoms with Crippen LogP contribution in [0.2, 0.25) is 0 Å². The van der Waals surface area contributed by atoms with Gasteiger partial charge in [0.05, 0.1) is 17.6 Å². The van der Waals surface area contributed by atoms with Crippen molar-refractivity contribution in [2.24, 2.45) is 5.41 Å². The summed E-state index contributed by atoms with van der Waals surface area (Å²) in [6.07, 6.45) is 28.7. The van der Waals surface area contributed by atoms with Crippen molar-refractivity contribution in [1.82, 2.24) is 0 Å². The molecular formula is C24H36O3. The first-order chi connectivity index (χ1) is 13.0. The molecule has 3 nitrogen and oxygen atoms in total. The summed E-state index contributed by atoms with van der Waals surface area (Å²) in [4.78, 5) is 11.0. The zero-order valence-corrected chi connectivity index (χ0v) is 17.1. The van der Waals surface area contributed by atoms with Gasteiger partial charge in [-0.05, 0) is 58.8 Å². The Bertz CT molecular complexity index is 564. The van der Waals surface area contributed by atoms with Gasteiger partial charge >= 0.3 is 5.97 Å². The number of epoxide rings is 1. The van der Waals surface area contributed by atoms with Crippen molar-refractivity contribution < 1.29 is 14.6 Å². The molecule has 0 saturated carbocycles. The highest BCUT2D eigenvalue weighted by atomic mass is 16.6. The fraction of sp³-hybridized carbons (Fsp3) is 0.542. The van der Waals surface area contributed by atoms with Crippen LogP contribution < -0.4 is 0 Å². The van der Waals surface area contributed by atoms with Crippen molar-refractivity contribution in [3.63, 3.8) is 0 Å². The minimum Gasteiger partial charge on any atom is -0.481 e. The molecule has 0 radical (unpaired) electrons. The molecule has 0 aromatic rings. The molecule has 1 heterocycles. The van der Waals surface area contributed by atoms with E-state index in [-0.39, 0.29) is 0 Å². The van der Waals surface area contributed by atoms with E-state index in [2.05, 4.69) is 55.5 Å². The van der Waals surface area contributed by atoms with Gasteiger partial charge in [-0.15, -0.1) is 0 Å². The van der Waals surface area contributed by atoms with Gasteiger partial charge in [-0.2, -0.15) is 0 Å². The van der Waals surface area contributed by atoms with E-state index in [1.54, 1.807) is 13.8 Å². The first kappa shape index (κ1) is 23.2. The minimum atomic E-state index is -0.754. The van der Waals surface area contributed by atoms with Crippen molar-refractivity contribution in [3.8, 4) is 0 Å². The molecule has 0 spiro atoms. The monoisotopic (exact) mass is 372 g/mol. The lowest BCUT2D eigenvalue weighted by Gasteiger charge is -2.15. The van der Waals surface area contributed by atoms with Crippen LogP contribution in [0.5, 0.6) is 0 Å². The fourth-order valence-corrected chi connectivity index (χ4v) is 2.50. The molecule has 0 aliphatic carbocycles. The molecule has 0 aromatic carbocycles. The van der Waals surface area contributed by atoms with Crippen LogP contribution in [-0.4, -0.2) is 23.3 Å². The molecular weight excluding hydrogens is 336 g/mol. The van der Waals surface area contributed by atoms with Gasteiger partial charge in [-0.3, -0.25) is 4.79 Å². The van der Waals surface area contributed by atoms with E-state index >= 15 is 0 Å². The summed E-state index contributed by atoms with van der Waals surface area (Å²) >= 11 is 0. The molecule has 3 heteroatoms. The number of carboxylic acid groups (broad SMARTS) is 1. The Kier molecular flexibility index (Phi) is 11.4. The summed E-state index contributed by atoms with van der Waals surface area (Å²) in [5.41, 5.74) is -0.685. The molecule has 1 N–H and O–H groups in total. The lowest BCUT2D eigenvalue weighted by molar-refractivity contribution is -0.146. The number of allylic oxidation sites excluding steroid dienone is 8. The van der Waals surface area contributed by atoms with E-state index in [4.69, 9.17) is 9.84 Å². The Hall–Kier alpha value is -1.87. The van der Waals surface area contributed by atoms with Crippen LogP contribution in [0.25, 0.3) is 0 Å². The van der Waals surface area contributed by atoms with Crippen molar-refractivity contribution in [2.45, 2.75) is 77.9 Å². The van der Waals surface area contributed by atoms with Gasteiger partial charge in [0, 0.05) is 0 Å². The van der Waals surface area contributed by atoms with Gasteiger partial charge < -0.3 is 9.84 Å². The summed E-state index contributed by atoms with van der Waals surface area (Å²) in [5, 5.41) is 9.03. The highest BCUT2D eigenvalue weighted by Gasteiger charge is 2.35. The standard InChI is InChI=1S/C24H36O3/c1-4-5-15-18-21-22(27-21)19-16-13-11-9-7-6-8-10-12-14-17-20-24(2,3)23(25)26/h5,7-10,13-17,21-22H,4,6,11-12,18-20H2,1-3H3,(H,25,26)/b9-7-,10-8-,15-5-,16-13-,17-14-. The van der Waals surface area contributed by atoms with E-state index in [0.29, 0.717) is 18.6 Å². The number of carbonyl (C=O) groups is 1. The van der Waals surface area contributed by atoms with Crippen molar-refractivity contribution >= 4 is 5.97 Å². The SMILES string of the molecule is CC/C=C\CC1OC1C/C=C\C/C=C\C/C=C\C/C=C\CC(C)(C)C(=O)O. The maximum atomic E-state index is 11.0. The number of ether oxygens (including phenoxy) is 1. The Morgan fingerprint density at radius 3 is 1.74 bits per heavy atom. The van der Waals surface area contributed by atoms with Gasteiger partial charge in [0.25, 0.3) is 0 Å². The molecule has 2 atom stereocenters. The molecule has 1 rings (SSSR count). The van der Waals surface area contributed by atoms with Crippen molar-refractivity contribution in [3.05, 3.63) is 60.8 Å². The average molecular weight is 373 g/mol. The molecule has 0 aromatic heterocycles. The van der Waals surface area contributed by atoms with E-state index in [1.807, 2.05) is 12.2 Å². The second-order valence-electron chi connectivity index (χ2n) is 7.55. The number of hydrogen-bond acceptors (Lipinski definition) is 2. The number of aliphatic carboxylic acids is 1. The second-order valence-corrected chi connectivity index (χ2v) is 7.55. The zero-order chi connectivity index (χ0) is 20.0. The molecule has 0 bridgehead atoms. The molecule has 2 unspecified atom stereocenters. The number of hydrogen-bond donors (Lipinski definition) is 1. The molecule has 150 valence electrons. The lowest BCUT2D eigenvalue weighted by Crippen LogP contribution is -2.22. The van der Waals surface area contributed by atoms with Crippen molar-refractivity contribution in [1.29, 1.82) is 0 Å². The van der Waals surface area contributed by atoms with Crippen LogP contribution in [0, 0.1) is 5.41 Å². The van der Waals surface area contributed by atoms with Crippen LogP contribution in [0.3, 0.4) is 0 Å². The third kappa shape index (κ3) is 11.4. The molecule has 27 heavy (non-hydrogen) atoms. The van der Waals surface area contributed by atoms with Gasteiger partial charge in [-0.1, -0.05) is 67.7 Å². The molecule has 1 saturated heterocycles. The Labute approximate surface area is 165 Å². The Balaban J connectivity index is 2.01. The van der Waals surface area contributed by atoms with Gasteiger partial charge in [-0.25, -0.2) is 0 Å². The van der Waals surface area contributed by atoms with E-state index in [0.717, 1.165) is 38.5 Å². The molecule has 1 fully saturated rings. The predicted octanol–water partition coefficient (Wildman–Crippen LogP) is 6.40. The van der Waals surface area contributed by atoms with Crippen molar-refractivity contribution in [2.75, 3.05) is 0 Å². The number of carboxylic acids is 1. The van der Waals surface area contributed by atoms with Crippen LogP contribution in [0.1, 0.15) is 65.7 Å². The summed E-state index contributed by atoms with van der Waals surface area (Å²) in [6, 6.07) is 0. The fourth-order valence-electron chi connectivity index (χ4n) is 2.50. The highest BCUT2D eigenvalue weighted by Crippen LogP contribution is 2.29. The topological polar surface area (TPSA) is 49.8 Å². The quantitative estimate of drug-likeness (QED) is 0.284. The van der Waals surface area contributed by atoms with Gasteiger partial charge in [0.1, 0.15) is 0 Å². The average Bonchev–Trinajstić information content (AvgIpc) is 3.37. The largest absolute Gasteiger partial charge is 0.481 e. The maximum Gasteiger partial charge on any atom is 0.309 e. The minimum absolute atomic E-state index is 0.420. The van der Waals surface area contributed by atoms with Crippen LogP contribution in [0.15, 0.2) is 60.8 Å². The van der Waals surface area contributed by atoms with Gasteiger partial charge in [0.2, 0.25) is 0 Å². The third-order valence-corrected chi connectivity index (χ3v) is 4.52. The van der Waals surface area contributed by atoms with E-state index in [9.17, 15) is 4.79 Å². The molecule has 1 aliphatic heterocycles. The summed E-state index contributed by atoms with van der Waals surface area (Å²) in [5.74, 6) is -0.754. The highest BCUT2D eigenvalue weighted by molar-refractivity contribution is 5.73. The Morgan fingerprint density at radius 1 is 0.815 bits per heavy atom. The van der Waals surface area contributed by atoms with Crippen LogP contribution >= 0.6 is 0 Å². The third-order valence-electron chi connectivity index (χ3n) is 4.52. The van der Waals surface area contributed by atoms with Crippen LogP contribution in [0.4, 0.5) is 0 Å². The zero-order valence-electron chi connectivity index (χ0n) is 17.1. The molecule has 1 aliphatic rings. The number of rotatable bonds is 14. The van der Waals surface area contributed by atoms with E-state index in [1.165, 1.54) is 0 Å². The van der Waals surface area contributed by atoms with Gasteiger partial charge in [0.15, 0.2) is 0 Å². The summed E-state index contributed by atoms with van der Waals surface area (Å²) in [6.45, 7) is 5.64. The van der Waals surface area contributed by atoms with E-state index < -0.39 is 11.4 Å². The normalized spacial score (nSPS) is 20.9. The lowest BCUT2D eigenvalue weighted by atomic mass is 9.89. The summed E-state index contributed by atoms with van der Waals surface area (Å²) < 4.78 is 5.63. The smallest absolute Gasteiger partial charge is 0.309 e. The first-order valence-corrected chi connectivity index (χ1v) is 10.1. The maximum absolute atomic E-state index is 11.0. The summed E-state index contributed by atoms with van der Waals surface area (Å²) in [7, 11) is 0. The predicted molar refractivity (Wildman–Crippen MR) is 114 cm³/mol. The Morgan fingerprint density at radius 2 is 1.26 bits per heavy atom. The first-order valence-electron chi connectivity index (χ1n) is 10.1.